The van der Waals surface area contributed by atoms with Crippen molar-refractivity contribution < 1.29 is 9.47 Å². The molecule has 146 valence electrons. The Morgan fingerprint density at radius 2 is 1.75 bits per heavy atom. The van der Waals surface area contributed by atoms with Gasteiger partial charge in [-0.1, -0.05) is 23.2 Å². The van der Waals surface area contributed by atoms with Crippen LogP contribution < -0.4 is 20.8 Å². The molecule has 0 spiro atoms. The minimum Gasteiger partial charge on any atom is -0.495 e. The highest BCUT2D eigenvalue weighted by Gasteiger charge is 2.22. The van der Waals surface area contributed by atoms with Gasteiger partial charge in [-0.2, -0.15) is 9.78 Å². The molecule has 0 saturated carbocycles. The van der Waals surface area contributed by atoms with Gasteiger partial charge < -0.3 is 15.2 Å². The second kappa shape index (κ2) is 7.94. The zero-order valence-corrected chi connectivity index (χ0v) is 18.1. The van der Waals surface area contributed by atoms with Crippen molar-refractivity contribution in [3.63, 3.8) is 0 Å². The fraction of sp³-hybridized carbons (Fsp3) is 0.176. The molecule has 0 radical (unpaired) electrons. The van der Waals surface area contributed by atoms with Crippen LogP contribution >= 0.6 is 39.1 Å². The first-order chi connectivity index (χ1) is 13.3. The zero-order valence-electron chi connectivity index (χ0n) is 15.0. The van der Waals surface area contributed by atoms with Crippen LogP contribution in [-0.2, 0) is 0 Å². The molecule has 0 bridgehead atoms. The summed E-state index contributed by atoms with van der Waals surface area (Å²) in [5.41, 5.74) is 6.62. The second-order valence-electron chi connectivity index (χ2n) is 5.61. The van der Waals surface area contributed by atoms with Gasteiger partial charge in [-0.15, -0.1) is 0 Å². The van der Waals surface area contributed by atoms with Crippen molar-refractivity contribution in [2.45, 2.75) is 6.92 Å². The van der Waals surface area contributed by atoms with Crippen LogP contribution in [0, 0.1) is 6.92 Å². The van der Waals surface area contributed by atoms with Crippen LogP contribution in [0.15, 0.2) is 27.7 Å². The van der Waals surface area contributed by atoms with Crippen molar-refractivity contribution in [2.75, 3.05) is 20.0 Å². The third kappa shape index (κ3) is 3.52. The van der Waals surface area contributed by atoms with E-state index in [1.165, 1.54) is 26.5 Å². The van der Waals surface area contributed by atoms with E-state index in [1.807, 2.05) is 0 Å². The zero-order chi connectivity index (χ0) is 20.6. The predicted octanol–water partition coefficient (Wildman–Crippen LogP) is 3.67. The minimum absolute atomic E-state index is 0.104. The topological polar surface area (TPSA) is 105 Å². The van der Waals surface area contributed by atoms with Crippen molar-refractivity contribution in [3.8, 4) is 28.6 Å². The molecule has 0 aliphatic heterocycles. The molecule has 8 nitrogen and oxygen atoms in total. The smallest absolute Gasteiger partial charge is 0.274 e. The van der Waals surface area contributed by atoms with Crippen LogP contribution in [0.25, 0.3) is 17.1 Å². The number of hydrogen-bond acceptors (Lipinski definition) is 7. The van der Waals surface area contributed by atoms with Gasteiger partial charge in [0.05, 0.1) is 20.4 Å². The number of aromatic nitrogens is 4. The number of aryl methyl sites for hydroxylation is 1. The number of hydrogen-bond donors (Lipinski definition) is 1. The van der Waals surface area contributed by atoms with Gasteiger partial charge >= 0.3 is 0 Å². The third-order valence-electron chi connectivity index (χ3n) is 3.87. The third-order valence-corrected chi connectivity index (χ3v) is 4.98. The molecule has 0 aliphatic carbocycles. The summed E-state index contributed by atoms with van der Waals surface area (Å²) in [5.74, 6) is 0.702. The maximum absolute atomic E-state index is 12.8. The van der Waals surface area contributed by atoms with Gasteiger partial charge in [0, 0.05) is 11.6 Å². The summed E-state index contributed by atoms with van der Waals surface area (Å²) < 4.78 is 12.1. The van der Waals surface area contributed by atoms with Gasteiger partial charge in [0.2, 0.25) is 0 Å². The first kappa shape index (κ1) is 20.4. The van der Waals surface area contributed by atoms with Crippen LogP contribution in [0.5, 0.6) is 11.5 Å². The SMILES string of the molecule is COc1cc(OC)c(Cl)c(-n2nc(-c3nc(Br)cnc3N)cc(C)c2=O)c1Cl. The number of methoxy groups -OCH3 is 2. The van der Waals surface area contributed by atoms with E-state index in [9.17, 15) is 4.79 Å². The van der Waals surface area contributed by atoms with E-state index in [-0.39, 0.29) is 33.0 Å². The van der Waals surface area contributed by atoms with Gasteiger partial charge in [0.25, 0.3) is 5.56 Å². The fourth-order valence-electron chi connectivity index (χ4n) is 2.51. The molecule has 0 aliphatic rings. The molecule has 0 fully saturated rings. The first-order valence-electron chi connectivity index (χ1n) is 7.78. The van der Waals surface area contributed by atoms with E-state index in [2.05, 4.69) is 31.0 Å². The minimum atomic E-state index is -0.426. The highest BCUT2D eigenvalue weighted by atomic mass is 79.9. The summed E-state index contributed by atoms with van der Waals surface area (Å²) in [6.07, 6.45) is 1.46. The van der Waals surface area contributed by atoms with E-state index >= 15 is 0 Å². The Bertz CT molecular complexity index is 1110. The average Bonchev–Trinajstić information content (AvgIpc) is 2.67. The molecule has 3 aromatic rings. The Kier molecular flexibility index (Phi) is 5.78. The Morgan fingerprint density at radius 3 is 2.32 bits per heavy atom. The van der Waals surface area contributed by atoms with Crippen LogP contribution in [0.4, 0.5) is 5.82 Å². The van der Waals surface area contributed by atoms with E-state index in [0.29, 0.717) is 21.6 Å². The quantitative estimate of drug-likeness (QED) is 0.599. The lowest BCUT2D eigenvalue weighted by Gasteiger charge is -2.16. The summed E-state index contributed by atoms with van der Waals surface area (Å²) in [7, 11) is 2.88. The first-order valence-corrected chi connectivity index (χ1v) is 9.33. The average molecular weight is 487 g/mol. The molecule has 0 amide bonds. The maximum Gasteiger partial charge on any atom is 0.274 e. The maximum atomic E-state index is 12.8. The van der Waals surface area contributed by atoms with Crippen molar-refractivity contribution in [2.24, 2.45) is 0 Å². The number of nitrogens with zero attached hydrogens (tertiary/aromatic N) is 4. The second-order valence-corrected chi connectivity index (χ2v) is 7.18. The number of nitrogens with two attached hydrogens (primary N) is 1. The van der Waals surface area contributed by atoms with Crippen LogP contribution in [0.2, 0.25) is 10.0 Å². The summed E-state index contributed by atoms with van der Waals surface area (Å²) in [6.45, 7) is 1.63. The van der Waals surface area contributed by atoms with Gasteiger partial charge in [0.15, 0.2) is 5.82 Å². The van der Waals surface area contributed by atoms with E-state index < -0.39 is 5.56 Å². The molecule has 28 heavy (non-hydrogen) atoms. The molecular formula is C17H14BrCl2N5O3. The van der Waals surface area contributed by atoms with Crippen LogP contribution in [-0.4, -0.2) is 34.0 Å². The number of ether oxygens (including phenoxy) is 2. The Balaban J connectivity index is 2.37. The number of halogens is 3. The molecule has 3 rings (SSSR count). The normalized spacial score (nSPS) is 10.8. The fourth-order valence-corrected chi connectivity index (χ4v) is 3.45. The van der Waals surface area contributed by atoms with Gasteiger partial charge in [-0.3, -0.25) is 4.79 Å². The Hall–Kier alpha value is -2.36. The van der Waals surface area contributed by atoms with Gasteiger partial charge in [-0.05, 0) is 28.9 Å². The van der Waals surface area contributed by atoms with Gasteiger partial charge in [0.1, 0.15) is 43.2 Å². The summed E-state index contributed by atoms with van der Waals surface area (Å²) in [4.78, 5) is 21.2. The largest absolute Gasteiger partial charge is 0.495 e. The number of benzene rings is 1. The van der Waals surface area contributed by atoms with E-state index in [4.69, 9.17) is 38.4 Å². The number of anilines is 1. The Morgan fingerprint density at radius 1 is 1.14 bits per heavy atom. The molecule has 0 saturated heterocycles. The lowest BCUT2D eigenvalue weighted by Crippen LogP contribution is -2.25. The Labute approximate surface area is 178 Å². The number of nitrogen functional groups attached to an aromatic ring is 1. The predicted molar refractivity (Wildman–Crippen MR) is 111 cm³/mol. The lowest BCUT2D eigenvalue weighted by molar-refractivity contribution is 0.394. The van der Waals surface area contributed by atoms with E-state index in [1.54, 1.807) is 13.0 Å². The lowest BCUT2D eigenvalue weighted by atomic mass is 10.2. The summed E-state index contributed by atoms with van der Waals surface area (Å²) in [5, 5.41) is 4.58. The number of rotatable bonds is 4. The molecular weight excluding hydrogens is 473 g/mol. The van der Waals surface area contributed by atoms with Crippen molar-refractivity contribution in [1.29, 1.82) is 0 Å². The van der Waals surface area contributed by atoms with Gasteiger partial charge in [-0.25, -0.2) is 9.97 Å². The van der Waals surface area contributed by atoms with E-state index in [0.717, 1.165) is 4.68 Å². The molecule has 1 aromatic carbocycles. The summed E-state index contributed by atoms with van der Waals surface area (Å²) >= 11 is 16.1. The standard InChI is InChI=1S/C17H14BrCl2N5O3/c1-7-4-8(14-16(21)22-6-11(18)23-14)24-25(17(7)26)15-12(19)9(27-2)5-10(28-3)13(15)20/h4-6H,1-3H3,(H2,21,22). The monoisotopic (exact) mass is 485 g/mol. The van der Waals surface area contributed by atoms with Crippen molar-refractivity contribution in [1.82, 2.24) is 19.7 Å². The van der Waals surface area contributed by atoms with Crippen LogP contribution in [0.1, 0.15) is 5.56 Å². The molecule has 2 aromatic heterocycles. The highest BCUT2D eigenvalue weighted by molar-refractivity contribution is 9.10. The molecule has 2 heterocycles. The highest BCUT2D eigenvalue weighted by Crippen LogP contribution is 2.42. The molecule has 11 heteroatoms. The molecule has 0 atom stereocenters. The van der Waals surface area contributed by atoms with Crippen LogP contribution in [0.3, 0.4) is 0 Å². The summed E-state index contributed by atoms with van der Waals surface area (Å²) in [6, 6.07) is 3.08. The van der Waals surface area contributed by atoms with Crippen molar-refractivity contribution >= 4 is 44.9 Å². The molecule has 0 unspecified atom stereocenters. The molecule has 2 N–H and O–H groups in total. The van der Waals surface area contributed by atoms with Crippen molar-refractivity contribution in [3.05, 3.63) is 48.9 Å².